The van der Waals surface area contributed by atoms with Crippen LogP contribution in [0.2, 0.25) is 0 Å². The van der Waals surface area contributed by atoms with Crippen LogP contribution in [0.3, 0.4) is 0 Å². The molecule has 2 N–H and O–H groups in total. The van der Waals surface area contributed by atoms with Crippen LogP contribution in [0.1, 0.15) is 32.8 Å². The number of carbonyl (C=O) groups is 1. The van der Waals surface area contributed by atoms with Crippen LogP contribution in [0.5, 0.6) is 0 Å². The van der Waals surface area contributed by atoms with Gasteiger partial charge in [-0.3, -0.25) is 4.79 Å². The molecule has 1 aromatic carbocycles. The van der Waals surface area contributed by atoms with Crippen LogP contribution in [0.15, 0.2) is 30.3 Å². The molecule has 1 aromatic rings. The van der Waals surface area contributed by atoms with Crippen LogP contribution in [0.25, 0.3) is 0 Å². The summed E-state index contributed by atoms with van der Waals surface area (Å²) in [6.45, 7) is 6.78. The quantitative estimate of drug-likeness (QED) is 0.816. The number of hydrogen-bond donors (Lipinski definition) is 1. The highest BCUT2D eigenvalue weighted by Gasteiger charge is 2.17. The molecule has 0 saturated heterocycles. The number of ether oxygens (including phenoxy) is 1. The average molecular weight is 249 g/mol. The molecule has 18 heavy (non-hydrogen) atoms. The van der Waals surface area contributed by atoms with Gasteiger partial charge in [0.15, 0.2) is 0 Å². The molecule has 100 valence electrons. The Balaban J connectivity index is 2.34. The average Bonchev–Trinajstić information content (AvgIpc) is 2.28. The van der Waals surface area contributed by atoms with Crippen molar-refractivity contribution in [2.24, 2.45) is 11.1 Å². The van der Waals surface area contributed by atoms with Gasteiger partial charge in [-0.1, -0.05) is 51.1 Å². The first-order valence-corrected chi connectivity index (χ1v) is 6.34. The minimum atomic E-state index is -0.577. The van der Waals surface area contributed by atoms with Crippen molar-refractivity contribution in [3.05, 3.63) is 35.9 Å². The minimum Gasteiger partial charge on any atom is -0.465 e. The smallest absolute Gasteiger partial charge is 0.323 e. The van der Waals surface area contributed by atoms with E-state index in [0.29, 0.717) is 13.0 Å². The molecule has 0 spiro atoms. The molecule has 0 amide bonds. The number of nitrogens with two attached hydrogens (primary N) is 1. The Morgan fingerprint density at radius 2 is 1.89 bits per heavy atom. The van der Waals surface area contributed by atoms with Crippen molar-refractivity contribution < 1.29 is 9.53 Å². The molecule has 0 saturated carbocycles. The molecular weight excluding hydrogens is 226 g/mol. The maximum absolute atomic E-state index is 11.7. The lowest BCUT2D eigenvalue weighted by Gasteiger charge is -2.18. The zero-order chi connectivity index (χ0) is 13.6. The summed E-state index contributed by atoms with van der Waals surface area (Å²) in [6, 6.07) is 9.16. The summed E-state index contributed by atoms with van der Waals surface area (Å²) >= 11 is 0. The third-order valence-corrected chi connectivity index (χ3v) is 2.70. The van der Waals surface area contributed by atoms with E-state index in [1.54, 1.807) is 0 Å². The second kappa shape index (κ2) is 6.55. The summed E-state index contributed by atoms with van der Waals surface area (Å²) in [7, 11) is 0. The number of rotatable bonds is 5. The Labute approximate surface area is 109 Å². The maximum atomic E-state index is 11.7. The first-order chi connectivity index (χ1) is 8.38. The van der Waals surface area contributed by atoms with Gasteiger partial charge in [0.2, 0.25) is 0 Å². The maximum Gasteiger partial charge on any atom is 0.323 e. The molecule has 1 atom stereocenters. The van der Waals surface area contributed by atoms with E-state index in [9.17, 15) is 4.79 Å². The van der Waals surface area contributed by atoms with Gasteiger partial charge in [0.25, 0.3) is 0 Å². The molecule has 3 nitrogen and oxygen atoms in total. The molecule has 1 rings (SSSR count). The lowest BCUT2D eigenvalue weighted by Crippen LogP contribution is -2.34. The van der Waals surface area contributed by atoms with Gasteiger partial charge in [0, 0.05) is 0 Å². The summed E-state index contributed by atoms with van der Waals surface area (Å²) in [5, 5.41) is 0. The number of esters is 1. The van der Waals surface area contributed by atoms with Crippen molar-refractivity contribution >= 4 is 5.97 Å². The van der Waals surface area contributed by atoms with Gasteiger partial charge in [0.1, 0.15) is 6.04 Å². The Kier molecular flexibility index (Phi) is 5.35. The highest BCUT2D eigenvalue weighted by Crippen LogP contribution is 2.18. The van der Waals surface area contributed by atoms with Crippen molar-refractivity contribution in [2.75, 3.05) is 6.61 Å². The van der Waals surface area contributed by atoms with E-state index in [2.05, 4.69) is 20.8 Å². The van der Waals surface area contributed by atoms with Crippen LogP contribution in [-0.4, -0.2) is 18.6 Å². The van der Waals surface area contributed by atoms with Crippen molar-refractivity contribution in [2.45, 2.75) is 39.7 Å². The van der Waals surface area contributed by atoms with Crippen molar-refractivity contribution in [1.29, 1.82) is 0 Å². The Morgan fingerprint density at radius 3 is 2.44 bits per heavy atom. The Bertz CT molecular complexity index is 368. The zero-order valence-corrected chi connectivity index (χ0v) is 11.5. The van der Waals surface area contributed by atoms with Gasteiger partial charge in [-0.2, -0.15) is 0 Å². The normalized spacial score (nSPS) is 13.1. The number of hydrogen-bond acceptors (Lipinski definition) is 3. The second-order valence-corrected chi connectivity index (χ2v) is 5.77. The third-order valence-electron chi connectivity index (χ3n) is 2.70. The first-order valence-electron chi connectivity index (χ1n) is 6.34. The van der Waals surface area contributed by atoms with Crippen molar-refractivity contribution in [3.8, 4) is 0 Å². The van der Waals surface area contributed by atoms with Gasteiger partial charge >= 0.3 is 5.97 Å². The lowest BCUT2D eigenvalue weighted by molar-refractivity contribution is -0.145. The van der Waals surface area contributed by atoms with Crippen molar-refractivity contribution in [1.82, 2.24) is 0 Å². The summed E-state index contributed by atoms with van der Waals surface area (Å²) in [5.41, 5.74) is 7.05. The van der Waals surface area contributed by atoms with Crippen LogP contribution in [0.4, 0.5) is 0 Å². The molecule has 0 fully saturated rings. The largest absolute Gasteiger partial charge is 0.465 e. The van der Waals surface area contributed by atoms with E-state index in [0.717, 1.165) is 12.0 Å². The molecule has 0 bridgehead atoms. The van der Waals surface area contributed by atoms with Crippen molar-refractivity contribution in [3.63, 3.8) is 0 Å². The molecule has 0 heterocycles. The van der Waals surface area contributed by atoms with Crippen LogP contribution < -0.4 is 5.73 Å². The van der Waals surface area contributed by atoms with Gasteiger partial charge in [-0.25, -0.2) is 0 Å². The van der Waals surface area contributed by atoms with Crippen LogP contribution in [0, 0.1) is 5.41 Å². The van der Waals surface area contributed by atoms with Gasteiger partial charge in [-0.15, -0.1) is 0 Å². The van der Waals surface area contributed by atoms with Crippen LogP contribution in [-0.2, 0) is 16.0 Å². The monoisotopic (exact) mass is 249 g/mol. The Morgan fingerprint density at radius 1 is 1.28 bits per heavy atom. The SMILES string of the molecule is CC(C)(C)CCOC(=O)[C@H](N)Cc1ccccc1. The zero-order valence-electron chi connectivity index (χ0n) is 11.5. The summed E-state index contributed by atoms with van der Waals surface area (Å²) in [5.74, 6) is -0.317. The predicted octanol–water partition coefficient (Wildman–Crippen LogP) is 2.54. The number of carbonyl (C=O) groups excluding carboxylic acids is 1. The third kappa shape index (κ3) is 5.82. The fourth-order valence-electron chi connectivity index (χ4n) is 1.52. The molecular formula is C15H23NO2. The molecule has 0 aliphatic carbocycles. The summed E-state index contributed by atoms with van der Waals surface area (Å²) in [6.07, 6.45) is 1.37. The lowest BCUT2D eigenvalue weighted by atomic mass is 9.93. The summed E-state index contributed by atoms with van der Waals surface area (Å²) in [4.78, 5) is 11.7. The Hall–Kier alpha value is -1.35. The van der Waals surface area contributed by atoms with Gasteiger partial charge in [-0.05, 0) is 23.8 Å². The van der Waals surface area contributed by atoms with E-state index in [1.807, 2.05) is 30.3 Å². The first kappa shape index (κ1) is 14.7. The predicted molar refractivity (Wildman–Crippen MR) is 73.2 cm³/mol. The van der Waals surface area contributed by atoms with E-state index in [-0.39, 0.29) is 11.4 Å². The highest BCUT2D eigenvalue weighted by molar-refractivity contribution is 5.75. The van der Waals surface area contributed by atoms with Crippen LogP contribution >= 0.6 is 0 Å². The van der Waals surface area contributed by atoms with Gasteiger partial charge < -0.3 is 10.5 Å². The standard InChI is InChI=1S/C15H23NO2/c1-15(2,3)9-10-18-14(17)13(16)11-12-7-5-4-6-8-12/h4-8,13H,9-11,16H2,1-3H3/t13-/m1/s1. The molecule has 3 heteroatoms. The van der Waals surface area contributed by atoms with Gasteiger partial charge in [0.05, 0.1) is 6.61 Å². The molecule has 0 radical (unpaired) electrons. The minimum absolute atomic E-state index is 0.170. The number of benzene rings is 1. The molecule has 0 unspecified atom stereocenters. The molecule has 0 aliphatic rings. The fraction of sp³-hybridized carbons (Fsp3) is 0.533. The van der Waals surface area contributed by atoms with E-state index in [1.165, 1.54) is 0 Å². The van der Waals surface area contributed by atoms with E-state index in [4.69, 9.17) is 10.5 Å². The van der Waals surface area contributed by atoms with E-state index >= 15 is 0 Å². The van der Waals surface area contributed by atoms with E-state index < -0.39 is 6.04 Å². The summed E-state index contributed by atoms with van der Waals surface area (Å²) < 4.78 is 5.19. The molecule has 0 aliphatic heterocycles. The fourth-order valence-corrected chi connectivity index (χ4v) is 1.52. The molecule has 0 aromatic heterocycles. The highest BCUT2D eigenvalue weighted by atomic mass is 16.5. The second-order valence-electron chi connectivity index (χ2n) is 5.77. The topological polar surface area (TPSA) is 52.3 Å².